The summed E-state index contributed by atoms with van der Waals surface area (Å²) in [6, 6.07) is 4.38. The van der Waals surface area contributed by atoms with E-state index in [9.17, 15) is 0 Å². The van der Waals surface area contributed by atoms with Crippen molar-refractivity contribution < 1.29 is 9.13 Å². The van der Waals surface area contributed by atoms with Gasteiger partial charge in [-0.1, -0.05) is 41.5 Å². The van der Waals surface area contributed by atoms with E-state index in [0.29, 0.717) is 0 Å². The first kappa shape index (κ1) is 15.1. The van der Waals surface area contributed by atoms with Crippen LogP contribution in [-0.2, 0) is 13.1 Å². The number of rotatable bonds is 2. The Bertz CT molecular complexity index is 740. The van der Waals surface area contributed by atoms with Gasteiger partial charge in [-0.25, -0.2) is 9.13 Å². The third-order valence-electron chi connectivity index (χ3n) is 3.61. The molecule has 0 amide bonds. The number of hydrogen-bond donors (Lipinski definition) is 0. The van der Waals surface area contributed by atoms with Crippen molar-refractivity contribution in [1.82, 2.24) is 9.03 Å². The lowest BCUT2D eigenvalue weighted by molar-refractivity contribution is -0.709. The molecule has 0 aromatic carbocycles. The van der Waals surface area contributed by atoms with E-state index in [1.165, 1.54) is 11.0 Å². The molecular weight excluding hydrogens is 272 g/mol. The smallest absolute Gasteiger partial charge is 0.232 e. The molecular formula is C18H28N4+2. The zero-order valence-electron chi connectivity index (χ0n) is 14.7. The zero-order valence-corrected chi connectivity index (χ0v) is 14.7. The summed E-state index contributed by atoms with van der Waals surface area (Å²) < 4.78 is 9.01. The van der Waals surface area contributed by atoms with Crippen LogP contribution in [0.1, 0.15) is 41.5 Å². The zero-order chi connectivity index (χ0) is 16.1. The number of imidazole rings is 2. The van der Waals surface area contributed by atoms with Gasteiger partial charge in [0.2, 0.25) is 11.0 Å². The van der Waals surface area contributed by atoms with Crippen molar-refractivity contribution in [1.29, 1.82) is 0 Å². The summed E-state index contributed by atoms with van der Waals surface area (Å²) >= 11 is 0. The van der Waals surface area contributed by atoms with E-state index >= 15 is 0 Å². The number of aromatic nitrogens is 4. The lowest BCUT2D eigenvalue weighted by Crippen LogP contribution is -2.38. The minimum absolute atomic E-state index is 0.275. The molecule has 0 saturated carbocycles. The maximum atomic E-state index is 2.28. The average molecular weight is 300 g/mol. The third-order valence-corrected chi connectivity index (χ3v) is 3.61. The lowest BCUT2D eigenvalue weighted by atomic mass is 9.97. The molecule has 22 heavy (non-hydrogen) atoms. The molecule has 0 radical (unpaired) electrons. The predicted octanol–water partition coefficient (Wildman–Crippen LogP) is 2.86. The molecule has 0 aliphatic rings. The van der Waals surface area contributed by atoms with Gasteiger partial charge in [0.05, 0.1) is 13.1 Å². The monoisotopic (exact) mass is 300 g/mol. The Hall–Kier alpha value is -1.84. The van der Waals surface area contributed by atoms with Gasteiger partial charge in [-0.15, -0.1) is 0 Å². The van der Waals surface area contributed by atoms with Crippen molar-refractivity contribution in [2.45, 2.75) is 54.6 Å². The second-order valence-electron chi connectivity index (χ2n) is 8.83. The standard InChI is InChI=1S/C18H28N4/c1-17(2,3)11-19-9-15-7-8-16-10-20(12-18(4,5)6)14-22(16)21(15)13-19/h7-10,13-14H,11-12H2,1-6H3/q+2. The molecule has 3 rings (SSSR count). The largest absolute Gasteiger partial charge is 0.287 e. The van der Waals surface area contributed by atoms with Gasteiger partial charge in [0.15, 0.2) is 0 Å². The summed E-state index contributed by atoms with van der Waals surface area (Å²) in [5, 5.41) is 0. The van der Waals surface area contributed by atoms with Gasteiger partial charge in [-0.05, 0) is 32.0 Å². The summed E-state index contributed by atoms with van der Waals surface area (Å²) in [5.74, 6) is 0. The fraction of sp³-hybridized carbons (Fsp3) is 0.556. The van der Waals surface area contributed by atoms with Crippen molar-refractivity contribution in [3.8, 4) is 0 Å². The van der Waals surface area contributed by atoms with Crippen LogP contribution in [0.25, 0.3) is 11.0 Å². The van der Waals surface area contributed by atoms with E-state index in [2.05, 4.69) is 96.9 Å². The van der Waals surface area contributed by atoms with Crippen LogP contribution in [-0.4, -0.2) is 9.03 Å². The molecule has 0 atom stereocenters. The SMILES string of the molecule is CC(C)(C)C[n+]1cc2ccc3c[n+](CC(C)(C)C)cn3n2c1. The first-order valence-corrected chi connectivity index (χ1v) is 8.02. The predicted molar refractivity (Wildman–Crippen MR) is 87.7 cm³/mol. The minimum Gasteiger partial charge on any atom is -0.232 e. The maximum absolute atomic E-state index is 2.28. The molecule has 0 saturated heterocycles. The van der Waals surface area contributed by atoms with Gasteiger partial charge in [0.25, 0.3) is 12.7 Å². The Balaban J connectivity index is 2.06. The van der Waals surface area contributed by atoms with Gasteiger partial charge >= 0.3 is 0 Å². The fourth-order valence-electron chi connectivity index (χ4n) is 2.98. The average Bonchev–Trinajstić information content (AvgIpc) is 2.86. The topological polar surface area (TPSA) is 16.6 Å². The van der Waals surface area contributed by atoms with Crippen molar-refractivity contribution in [3.05, 3.63) is 37.2 Å². The van der Waals surface area contributed by atoms with E-state index in [1.807, 2.05) is 0 Å². The molecule has 3 aromatic rings. The van der Waals surface area contributed by atoms with Crippen LogP contribution >= 0.6 is 0 Å². The van der Waals surface area contributed by atoms with Crippen LogP contribution in [0.5, 0.6) is 0 Å². The molecule has 4 heteroatoms. The highest BCUT2D eigenvalue weighted by Crippen LogP contribution is 2.15. The summed E-state index contributed by atoms with van der Waals surface area (Å²) in [5.41, 5.74) is 2.99. The first-order valence-electron chi connectivity index (χ1n) is 8.02. The quantitative estimate of drug-likeness (QED) is 0.647. The van der Waals surface area contributed by atoms with Crippen LogP contribution in [0.15, 0.2) is 37.2 Å². The Morgan fingerprint density at radius 2 is 1.09 bits per heavy atom. The van der Waals surface area contributed by atoms with Crippen molar-refractivity contribution in [2.24, 2.45) is 10.8 Å². The van der Waals surface area contributed by atoms with E-state index in [0.717, 1.165) is 13.1 Å². The van der Waals surface area contributed by atoms with Crippen LogP contribution in [0.2, 0.25) is 0 Å². The van der Waals surface area contributed by atoms with Crippen molar-refractivity contribution in [2.75, 3.05) is 0 Å². The van der Waals surface area contributed by atoms with Gasteiger partial charge in [0, 0.05) is 0 Å². The van der Waals surface area contributed by atoms with Gasteiger partial charge in [-0.3, -0.25) is 0 Å². The van der Waals surface area contributed by atoms with Crippen LogP contribution in [0.4, 0.5) is 0 Å². The fourth-order valence-corrected chi connectivity index (χ4v) is 2.98. The minimum atomic E-state index is 0.275. The summed E-state index contributed by atoms with van der Waals surface area (Å²) in [6.45, 7) is 15.6. The molecule has 0 N–H and O–H groups in total. The molecule has 0 unspecified atom stereocenters. The highest BCUT2D eigenvalue weighted by atomic mass is 15.4. The number of nitrogens with zero attached hydrogens (tertiary/aromatic N) is 4. The molecule has 118 valence electrons. The van der Waals surface area contributed by atoms with Gasteiger partial charge in [-0.2, -0.15) is 0 Å². The first-order chi connectivity index (χ1) is 10.1. The Morgan fingerprint density at radius 1 is 0.727 bits per heavy atom. The van der Waals surface area contributed by atoms with E-state index in [1.54, 1.807) is 0 Å². The van der Waals surface area contributed by atoms with E-state index in [-0.39, 0.29) is 10.8 Å². The highest BCUT2D eigenvalue weighted by Gasteiger charge is 2.22. The molecule has 0 spiro atoms. The highest BCUT2D eigenvalue weighted by molar-refractivity contribution is 5.51. The number of hydrogen-bond acceptors (Lipinski definition) is 0. The van der Waals surface area contributed by atoms with Crippen molar-refractivity contribution in [3.63, 3.8) is 0 Å². The summed E-state index contributed by atoms with van der Waals surface area (Å²) in [7, 11) is 0. The van der Waals surface area contributed by atoms with Gasteiger partial charge in [0.1, 0.15) is 12.4 Å². The van der Waals surface area contributed by atoms with Gasteiger partial charge < -0.3 is 0 Å². The summed E-state index contributed by atoms with van der Waals surface area (Å²) in [6.07, 6.45) is 8.82. The normalized spacial score (nSPS) is 13.4. The molecule has 0 aliphatic carbocycles. The number of fused-ring (bicyclic) bond motifs is 3. The molecule has 3 aromatic heterocycles. The van der Waals surface area contributed by atoms with Crippen LogP contribution in [0, 0.1) is 10.8 Å². The Labute approximate surface area is 132 Å². The Kier molecular flexibility index (Phi) is 3.31. The molecule has 3 heterocycles. The molecule has 0 bridgehead atoms. The third kappa shape index (κ3) is 3.16. The Morgan fingerprint density at radius 3 is 1.41 bits per heavy atom. The van der Waals surface area contributed by atoms with E-state index in [4.69, 9.17) is 0 Å². The summed E-state index contributed by atoms with van der Waals surface area (Å²) in [4.78, 5) is 0. The molecule has 4 nitrogen and oxygen atoms in total. The van der Waals surface area contributed by atoms with Crippen LogP contribution in [0.3, 0.4) is 0 Å². The van der Waals surface area contributed by atoms with Crippen molar-refractivity contribution >= 4 is 11.0 Å². The second kappa shape index (κ2) is 4.83. The van der Waals surface area contributed by atoms with E-state index < -0.39 is 0 Å². The molecule has 0 aliphatic heterocycles. The lowest BCUT2D eigenvalue weighted by Gasteiger charge is -2.14. The molecule has 0 fully saturated rings. The maximum Gasteiger partial charge on any atom is 0.287 e. The van der Waals surface area contributed by atoms with Crippen LogP contribution < -0.4 is 9.13 Å². The second-order valence-corrected chi connectivity index (χ2v) is 8.83.